The molecule has 0 aliphatic rings. The van der Waals surface area contributed by atoms with Gasteiger partial charge in [0.2, 0.25) is 0 Å². The second kappa shape index (κ2) is 5.43. The Balaban J connectivity index is 2.40. The van der Waals surface area contributed by atoms with Gasteiger partial charge in [-0.3, -0.25) is 4.79 Å². The predicted molar refractivity (Wildman–Crippen MR) is 69.6 cm³/mol. The highest BCUT2D eigenvalue weighted by Gasteiger charge is 2.12. The molecule has 2 rings (SSSR count). The van der Waals surface area contributed by atoms with Gasteiger partial charge in [-0.15, -0.1) is 0 Å². The minimum Gasteiger partial charge on any atom is -0.493 e. The van der Waals surface area contributed by atoms with Gasteiger partial charge in [0.15, 0.2) is 17.2 Å². The molecular formula is C13H12N2O5. The molecule has 0 bridgehead atoms. The Kier molecular flexibility index (Phi) is 3.69. The first kappa shape index (κ1) is 13.6. The second-order valence-corrected chi connectivity index (χ2v) is 3.98. The molecule has 1 aromatic heterocycles. The highest BCUT2D eigenvalue weighted by atomic mass is 16.5. The summed E-state index contributed by atoms with van der Waals surface area (Å²) >= 11 is 0. The number of methoxy groups -OCH3 is 1. The number of carboxylic acid groups (broad SMARTS) is 1. The summed E-state index contributed by atoms with van der Waals surface area (Å²) in [6.07, 6.45) is 0. The van der Waals surface area contributed by atoms with E-state index in [1.807, 2.05) is 0 Å². The minimum absolute atomic E-state index is 0.0545. The molecule has 20 heavy (non-hydrogen) atoms. The molecule has 0 radical (unpaired) electrons. The largest absolute Gasteiger partial charge is 0.493 e. The van der Waals surface area contributed by atoms with Gasteiger partial charge in [0.05, 0.1) is 18.4 Å². The van der Waals surface area contributed by atoms with Crippen molar-refractivity contribution >= 4 is 5.97 Å². The van der Waals surface area contributed by atoms with E-state index in [1.54, 1.807) is 6.92 Å². The number of aromatic carboxylic acids is 1. The number of carboxylic acids is 1. The van der Waals surface area contributed by atoms with Crippen molar-refractivity contribution in [2.75, 3.05) is 7.11 Å². The Morgan fingerprint density at radius 2 is 2.00 bits per heavy atom. The first-order valence-electron chi connectivity index (χ1n) is 5.67. The fourth-order valence-corrected chi connectivity index (χ4v) is 1.56. The van der Waals surface area contributed by atoms with E-state index in [1.165, 1.54) is 31.4 Å². The lowest BCUT2D eigenvalue weighted by molar-refractivity contribution is 0.0696. The van der Waals surface area contributed by atoms with Crippen LogP contribution in [0.2, 0.25) is 0 Å². The summed E-state index contributed by atoms with van der Waals surface area (Å²) in [5.74, 6) is -0.557. The average molecular weight is 276 g/mol. The number of nitrogens with zero attached hydrogens (tertiary/aromatic N) is 1. The quantitative estimate of drug-likeness (QED) is 0.879. The first-order valence-corrected chi connectivity index (χ1v) is 5.67. The Morgan fingerprint density at radius 1 is 1.25 bits per heavy atom. The normalized spacial score (nSPS) is 10.1. The van der Waals surface area contributed by atoms with Crippen LogP contribution in [0.3, 0.4) is 0 Å². The fourth-order valence-electron chi connectivity index (χ4n) is 1.56. The third kappa shape index (κ3) is 2.77. The lowest BCUT2D eigenvalue weighted by Crippen LogP contribution is -2.11. The highest BCUT2D eigenvalue weighted by Crippen LogP contribution is 2.31. The molecule has 0 aliphatic heterocycles. The Labute approximate surface area is 113 Å². The molecule has 2 N–H and O–H groups in total. The van der Waals surface area contributed by atoms with Gasteiger partial charge in [-0.25, -0.2) is 9.89 Å². The van der Waals surface area contributed by atoms with Gasteiger partial charge in [-0.05, 0) is 25.1 Å². The Morgan fingerprint density at radius 3 is 2.65 bits per heavy atom. The molecule has 0 spiro atoms. The van der Waals surface area contributed by atoms with Gasteiger partial charge in [0.25, 0.3) is 0 Å². The van der Waals surface area contributed by atoms with E-state index < -0.39 is 11.5 Å². The number of hydrogen-bond acceptors (Lipinski definition) is 5. The number of nitrogens with one attached hydrogen (secondary N) is 1. The summed E-state index contributed by atoms with van der Waals surface area (Å²) in [5.41, 5.74) is 0.162. The van der Waals surface area contributed by atoms with Gasteiger partial charge < -0.3 is 14.6 Å². The van der Waals surface area contributed by atoms with E-state index in [-0.39, 0.29) is 22.8 Å². The van der Waals surface area contributed by atoms with E-state index in [2.05, 4.69) is 10.2 Å². The SMILES string of the molecule is COc1cc(C(=O)O)ccc1Oc1cc(C)n[nH]c1=O. The monoisotopic (exact) mass is 276 g/mol. The van der Waals surface area contributed by atoms with E-state index in [4.69, 9.17) is 14.6 Å². The zero-order chi connectivity index (χ0) is 14.7. The van der Waals surface area contributed by atoms with Crippen LogP contribution in [0.15, 0.2) is 29.1 Å². The van der Waals surface area contributed by atoms with E-state index in [9.17, 15) is 9.59 Å². The molecule has 7 nitrogen and oxygen atoms in total. The number of benzene rings is 1. The maximum Gasteiger partial charge on any atom is 0.335 e. The van der Waals surface area contributed by atoms with Crippen molar-refractivity contribution in [1.29, 1.82) is 0 Å². The Bertz CT molecular complexity index is 708. The molecule has 1 heterocycles. The van der Waals surface area contributed by atoms with Crippen LogP contribution >= 0.6 is 0 Å². The fraction of sp³-hybridized carbons (Fsp3) is 0.154. The molecule has 0 fully saturated rings. The molecule has 104 valence electrons. The molecule has 0 atom stereocenters. The van der Waals surface area contributed by atoms with Gasteiger partial charge in [0, 0.05) is 6.07 Å². The first-order chi connectivity index (χ1) is 9.51. The molecule has 7 heteroatoms. The molecule has 0 aliphatic carbocycles. The molecular weight excluding hydrogens is 264 g/mol. The van der Waals surface area contributed by atoms with Crippen molar-refractivity contribution in [1.82, 2.24) is 10.2 Å². The van der Waals surface area contributed by atoms with E-state index in [0.29, 0.717) is 5.69 Å². The number of aryl methyl sites for hydroxylation is 1. The van der Waals surface area contributed by atoms with Crippen LogP contribution in [0.1, 0.15) is 16.1 Å². The maximum absolute atomic E-state index is 11.6. The van der Waals surface area contributed by atoms with Gasteiger partial charge >= 0.3 is 11.5 Å². The average Bonchev–Trinajstić information content (AvgIpc) is 2.43. The van der Waals surface area contributed by atoms with Crippen LogP contribution in [0.4, 0.5) is 0 Å². The minimum atomic E-state index is -1.08. The summed E-state index contributed by atoms with van der Waals surface area (Å²) in [4.78, 5) is 22.5. The number of aromatic nitrogens is 2. The maximum atomic E-state index is 11.6. The summed E-state index contributed by atoms with van der Waals surface area (Å²) in [5, 5.41) is 14.9. The zero-order valence-electron chi connectivity index (χ0n) is 10.8. The van der Waals surface area contributed by atoms with Crippen LogP contribution in [-0.4, -0.2) is 28.4 Å². The second-order valence-electron chi connectivity index (χ2n) is 3.98. The number of carbonyl (C=O) groups is 1. The van der Waals surface area contributed by atoms with Gasteiger partial charge in [0.1, 0.15) is 0 Å². The smallest absolute Gasteiger partial charge is 0.335 e. The standard InChI is InChI=1S/C13H12N2O5/c1-7-5-11(12(16)15-14-7)20-9-4-3-8(13(17)18)6-10(9)19-2/h3-6H,1-2H3,(H,15,16)(H,17,18). The van der Waals surface area contributed by atoms with Gasteiger partial charge in [-0.1, -0.05) is 0 Å². The van der Waals surface area contributed by atoms with Crippen molar-refractivity contribution in [2.45, 2.75) is 6.92 Å². The molecule has 0 saturated heterocycles. The molecule has 0 amide bonds. The van der Waals surface area contributed by atoms with Crippen LogP contribution in [0.25, 0.3) is 0 Å². The zero-order valence-corrected chi connectivity index (χ0v) is 10.8. The van der Waals surface area contributed by atoms with Crippen LogP contribution in [-0.2, 0) is 0 Å². The van der Waals surface area contributed by atoms with Crippen molar-refractivity contribution in [3.63, 3.8) is 0 Å². The van der Waals surface area contributed by atoms with Gasteiger partial charge in [-0.2, -0.15) is 5.10 Å². The Hall–Kier alpha value is -2.83. The van der Waals surface area contributed by atoms with Crippen LogP contribution in [0.5, 0.6) is 17.2 Å². The summed E-state index contributed by atoms with van der Waals surface area (Å²) in [7, 11) is 1.38. The predicted octanol–water partition coefficient (Wildman–Crippen LogP) is 1.58. The number of H-pyrrole nitrogens is 1. The lowest BCUT2D eigenvalue weighted by atomic mass is 10.2. The highest BCUT2D eigenvalue weighted by molar-refractivity contribution is 5.88. The van der Waals surface area contributed by atoms with Crippen LogP contribution in [0, 0.1) is 6.92 Å². The van der Waals surface area contributed by atoms with Crippen molar-refractivity contribution < 1.29 is 19.4 Å². The lowest BCUT2D eigenvalue weighted by Gasteiger charge is -2.10. The summed E-state index contributed by atoms with van der Waals surface area (Å²) < 4.78 is 10.5. The molecule has 1 aromatic carbocycles. The third-order valence-corrected chi connectivity index (χ3v) is 2.53. The molecule has 2 aromatic rings. The number of hydrogen-bond donors (Lipinski definition) is 2. The van der Waals surface area contributed by atoms with Crippen molar-refractivity contribution in [2.24, 2.45) is 0 Å². The number of rotatable bonds is 4. The van der Waals surface area contributed by atoms with Crippen LogP contribution < -0.4 is 15.0 Å². The van der Waals surface area contributed by atoms with E-state index >= 15 is 0 Å². The third-order valence-electron chi connectivity index (χ3n) is 2.53. The van der Waals surface area contributed by atoms with Crippen molar-refractivity contribution in [3.05, 3.63) is 45.9 Å². The summed E-state index contributed by atoms with van der Waals surface area (Å²) in [6, 6.07) is 5.59. The van der Waals surface area contributed by atoms with E-state index in [0.717, 1.165) is 0 Å². The topological polar surface area (TPSA) is 102 Å². The molecule has 0 unspecified atom stereocenters. The summed E-state index contributed by atoms with van der Waals surface area (Å²) in [6.45, 7) is 1.70. The number of aromatic amines is 1. The van der Waals surface area contributed by atoms with Crippen molar-refractivity contribution in [3.8, 4) is 17.2 Å². The number of ether oxygens (including phenoxy) is 2. The molecule has 0 saturated carbocycles.